The number of benzene rings is 2. The largest absolute Gasteiger partial charge is 0.366 e. The number of likely N-dealkylation sites (N-methyl/N-ethyl adjacent to an activating group) is 1. The Kier molecular flexibility index (Phi) is 3.75. The van der Waals surface area contributed by atoms with Gasteiger partial charge in [0.15, 0.2) is 0 Å². The Bertz CT molecular complexity index is 565. The molecule has 0 aliphatic carbocycles. The van der Waals surface area contributed by atoms with Crippen molar-refractivity contribution < 1.29 is 0 Å². The molecule has 0 radical (unpaired) electrons. The summed E-state index contributed by atoms with van der Waals surface area (Å²) >= 11 is 0. The van der Waals surface area contributed by atoms with Crippen LogP contribution in [0.15, 0.2) is 54.6 Å². The molecule has 2 nitrogen and oxygen atoms in total. The molecule has 0 aromatic heterocycles. The Morgan fingerprint density at radius 2 is 1.80 bits per heavy atom. The second-order valence-electron chi connectivity index (χ2n) is 5.59. The van der Waals surface area contributed by atoms with Gasteiger partial charge in [-0.25, -0.2) is 0 Å². The summed E-state index contributed by atoms with van der Waals surface area (Å²) in [5, 5.41) is 3.45. The summed E-state index contributed by atoms with van der Waals surface area (Å²) in [6.45, 7) is 3.33. The van der Waals surface area contributed by atoms with E-state index in [1.54, 1.807) is 0 Å². The van der Waals surface area contributed by atoms with Crippen molar-refractivity contribution in [1.82, 2.24) is 5.32 Å². The lowest BCUT2D eigenvalue weighted by molar-refractivity contribution is 0.546. The molecule has 0 saturated carbocycles. The van der Waals surface area contributed by atoms with Crippen molar-refractivity contribution in [2.45, 2.75) is 25.4 Å². The minimum absolute atomic E-state index is 0.366. The average Bonchev–Trinajstić information content (AvgIpc) is 2.81. The lowest BCUT2D eigenvalue weighted by Gasteiger charge is -2.30. The van der Waals surface area contributed by atoms with E-state index in [4.69, 9.17) is 0 Å². The minimum atomic E-state index is 0.366. The van der Waals surface area contributed by atoms with E-state index < -0.39 is 0 Å². The fraction of sp³-hybridized carbons (Fsp3) is 0.333. The van der Waals surface area contributed by atoms with Crippen molar-refractivity contribution >= 4 is 5.69 Å². The van der Waals surface area contributed by atoms with Crippen molar-refractivity contribution in [2.75, 3.05) is 18.5 Å². The Balaban J connectivity index is 1.83. The van der Waals surface area contributed by atoms with E-state index in [2.05, 4.69) is 71.7 Å². The molecule has 1 heterocycles. The quantitative estimate of drug-likeness (QED) is 0.912. The predicted octanol–water partition coefficient (Wildman–Crippen LogP) is 3.40. The van der Waals surface area contributed by atoms with Crippen LogP contribution in [0, 0.1) is 0 Å². The van der Waals surface area contributed by atoms with Gasteiger partial charge in [-0.1, -0.05) is 48.5 Å². The highest BCUT2D eigenvalue weighted by molar-refractivity contribution is 5.59. The summed E-state index contributed by atoms with van der Waals surface area (Å²) in [4.78, 5) is 2.53. The van der Waals surface area contributed by atoms with E-state index in [0.29, 0.717) is 12.1 Å². The normalized spacial score (nSPS) is 18.9. The van der Waals surface area contributed by atoms with Gasteiger partial charge in [-0.15, -0.1) is 0 Å². The fourth-order valence-electron chi connectivity index (χ4n) is 3.15. The predicted molar refractivity (Wildman–Crippen MR) is 85.2 cm³/mol. The number of fused-ring (bicyclic) bond motifs is 1. The van der Waals surface area contributed by atoms with Gasteiger partial charge in [-0.3, -0.25) is 0 Å². The summed E-state index contributed by atoms with van der Waals surface area (Å²) in [6.07, 6.45) is 1.15. The van der Waals surface area contributed by atoms with Crippen LogP contribution in [0.4, 0.5) is 5.69 Å². The van der Waals surface area contributed by atoms with Crippen molar-refractivity contribution in [3.63, 3.8) is 0 Å². The van der Waals surface area contributed by atoms with Crippen LogP contribution >= 0.6 is 0 Å². The van der Waals surface area contributed by atoms with E-state index >= 15 is 0 Å². The molecular formula is C18H22N2. The van der Waals surface area contributed by atoms with Gasteiger partial charge in [0, 0.05) is 24.3 Å². The number of anilines is 1. The molecule has 0 saturated heterocycles. The van der Waals surface area contributed by atoms with Crippen molar-refractivity contribution in [2.24, 2.45) is 0 Å². The molecule has 0 spiro atoms. The number of hydrogen-bond donors (Lipinski definition) is 1. The topological polar surface area (TPSA) is 15.3 Å². The molecule has 20 heavy (non-hydrogen) atoms. The lowest BCUT2D eigenvalue weighted by atomic mass is 10.1. The lowest BCUT2D eigenvalue weighted by Crippen LogP contribution is -2.37. The third-order valence-corrected chi connectivity index (χ3v) is 4.28. The van der Waals surface area contributed by atoms with E-state index in [0.717, 1.165) is 13.0 Å². The molecule has 2 aromatic rings. The standard InChI is InChI=1S/C18H22N2/c1-14-12-16-10-6-7-11-18(16)20(14)13-17(19-2)15-8-4-3-5-9-15/h3-11,14,17,19H,12-13H2,1-2H3. The van der Waals surface area contributed by atoms with E-state index in [9.17, 15) is 0 Å². The van der Waals surface area contributed by atoms with Gasteiger partial charge in [0.05, 0.1) is 0 Å². The van der Waals surface area contributed by atoms with E-state index in [1.165, 1.54) is 16.8 Å². The zero-order valence-corrected chi connectivity index (χ0v) is 12.2. The first-order valence-electron chi connectivity index (χ1n) is 7.36. The van der Waals surface area contributed by atoms with Gasteiger partial charge in [0.1, 0.15) is 0 Å². The number of hydrogen-bond acceptors (Lipinski definition) is 2. The molecule has 1 aliphatic rings. The molecule has 2 heteroatoms. The van der Waals surface area contributed by atoms with Crippen LogP contribution < -0.4 is 10.2 Å². The SMILES string of the molecule is CNC(CN1c2ccccc2CC1C)c1ccccc1. The molecule has 1 N–H and O–H groups in total. The molecule has 2 aromatic carbocycles. The highest BCUT2D eigenvalue weighted by Crippen LogP contribution is 2.33. The first-order chi connectivity index (χ1) is 9.79. The first kappa shape index (κ1) is 13.2. The molecule has 0 bridgehead atoms. The Hall–Kier alpha value is -1.80. The highest BCUT2D eigenvalue weighted by Gasteiger charge is 2.27. The summed E-state index contributed by atoms with van der Waals surface area (Å²) in [5.74, 6) is 0. The van der Waals surface area contributed by atoms with Crippen LogP contribution in [0.5, 0.6) is 0 Å². The molecule has 2 atom stereocenters. The van der Waals surface area contributed by atoms with E-state index in [-0.39, 0.29) is 0 Å². The van der Waals surface area contributed by atoms with Gasteiger partial charge in [0.2, 0.25) is 0 Å². The maximum absolute atomic E-state index is 3.45. The maximum Gasteiger partial charge on any atom is 0.0495 e. The molecular weight excluding hydrogens is 244 g/mol. The molecule has 0 fully saturated rings. The van der Waals surface area contributed by atoms with E-state index in [1.807, 2.05) is 7.05 Å². The second kappa shape index (κ2) is 5.68. The Labute approximate surface area is 121 Å². The van der Waals surface area contributed by atoms with Crippen LogP contribution in [0.25, 0.3) is 0 Å². The first-order valence-corrected chi connectivity index (χ1v) is 7.36. The number of para-hydroxylation sites is 1. The van der Waals surface area contributed by atoms with Gasteiger partial charge >= 0.3 is 0 Å². The molecule has 104 valence electrons. The van der Waals surface area contributed by atoms with Crippen LogP contribution in [0.1, 0.15) is 24.1 Å². The van der Waals surface area contributed by atoms with Gasteiger partial charge in [0.25, 0.3) is 0 Å². The third-order valence-electron chi connectivity index (χ3n) is 4.28. The Morgan fingerprint density at radius 1 is 1.10 bits per heavy atom. The average molecular weight is 266 g/mol. The molecule has 0 amide bonds. The minimum Gasteiger partial charge on any atom is -0.366 e. The zero-order chi connectivity index (χ0) is 13.9. The van der Waals surface area contributed by atoms with Crippen molar-refractivity contribution in [3.8, 4) is 0 Å². The number of nitrogens with one attached hydrogen (secondary N) is 1. The molecule has 3 rings (SSSR count). The maximum atomic E-state index is 3.45. The summed E-state index contributed by atoms with van der Waals surface area (Å²) in [6, 6.07) is 20.4. The summed E-state index contributed by atoms with van der Waals surface area (Å²) < 4.78 is 0. The summed E-state index contributed by atoms with van der Waals surface area (Å²) in [5.41, 5.74) is 4.23. The molecule has 2 unspecified atom stereocenters. The number of rotatable bonds is 4. The smallest absolute Gasteiger partial charge is 0.0495 e. The van der Waals surface area contributed by atoms with Crippen LogP contribution in [0.3, 0.4) is 0 Å². The van der Waals surface area contributed by atoms with Gasteiger partial charge < -0.3 is 10.2 Å². The highest BCUT2D eigenvalue weighted by atomic mass is 15.2. The van der Waals surface area contributed by atoms with Crippen molar-refractivity contribution in [3.05, 3.63) is 65.7 Å². The third kappa shape index (κ3) is 2.44. The zero-order valence-electron chi connectivity index (χ0n) is 12.2. The van der Waals surface area contributed by atoms with Gasteiger partial charge in [-0.05, 0) is 37.6 Å². The molecule has 1 aliphatic heterocycles. The Morgan fingerprint density at radius 3 is 2.55 bits per heavy atom. The van der Waals surface area contributed by atoms with Crippen LogP contribution in [-0.4, -0.2) is 19.6 Å². The van der Waals surface area contributed by atoms with Gasteiger partial charge in [-0.2, -0.15) is 0 Å². The van der Waals surface area contributed by atoms with Crippen molar-refractivity contribution in [1.29, 1.82) is 0 Å². The van der Waals surface area contributed by atoms with Crippen LogP contribution in [-0.2, 0) is 6.42 Å². The second-order valence-corrected chi connectivity index (χ2v) is 5.59. The fourth-order valence-corrected chi connectivity index (χ4v) is 3.15. The summed E-state index contributed by atoms with van der Waals surface area (Å²) in [7, 11) is 2.05. The number of nitrogens with zero attached hydrogens (tertiary/aromatic N) is 1. The monoisotopic (exact) mass is 266 g/mol. The van der Waals surface area contributed by atoms with Crippen LogP contribution in [0.2, 0.25) is 0 Å².